The molecule has 0 aliphatic carbocycles. The highest BCUT2D eigenvalue weighted by molar-refractivity contribution is 5.58. The van der Waals surface area contributed by atoms with Gasteiger partial charge in [-0.05, 0) is 13.8 Å². The first-order chi connectivity index (χ1) is 12.7. The van der Waals surface area contributed by atoms with Crippen LogP contribution in [0.2, 0.25) is 0 Å². The van der Waals surface area contributed by atoms with Gasteiger partial charge in [-0.15, -0.1) is 0 Å². The van der Waals surface area contributed by atoms with E-state index < -0.39 is 36.4 Å². The largest absolute Gasteiger partial charge is 0.421 e. The number of alkyl halides is 5. The number of hydrogen-bond donors (Lipinski definition) is 2. The third-order valence-corrected chi connectivity index (χ3v) is 3.67. The third kappa shape index (κ3) is 4.07. The van der Waals surface area contributed by atoms with Crippen LogP contribution in [0.3, 0.4) is 0 Å². The molecule has 0 aliphatic heterocycles. The van der Waals surface area contributed by atoms with E-state index in [9.17, 15) is 22.0 Å². The number of nitriles is 1. The molecule has 12 heteroatoms. The second-order valence-corrected chi connectivity index (χ2v) is 5.59. The smallest absolute Gasteiger partial charge is 0.370 e. The summed E-state index contributed by atoms with van der Waals surface area (Å²) < 4.78 is 66.2. The zero-order valence-electron chi connectivity index (χ0n) is 14.4. The van der Waals surface area contributed by atoms with Gasteiger partial charge >= 0.3 is 6.18 Å². The molecule has 2 rings (SSSR count). The minimum atomic E-state index is -4.63. The summed E-state index contributed by atoms with van der Waals surface area (Å²) in [5.41, 5.74) is -2.69. The molecule has 2 aromatic rings. The molecule has 0 aliphatic rings. The highest BCUT2D eigenvalue weighted by Gasteiger charge is 2.36. The summed E-state index contributed by atoms with van der Waals surface area (Å²) in [6.45, 7) is 0.698. The monoisotopic (exact) mass is 389 g/mol. The highest BCUT2D eigenvalue weighted by atomic mass is 19.4. The molecule has 0 amide bonds. The molecule has 0 radical (unpaired) electrons. The van der Waals surface area contributed by atoms with E-state index in [2.05, 4.69) is 25.7 Å². The first-order valence-electron chi connectivity index (χ1n) is 7.75. The SMILES string of the molecule is CCNc1nc(Nc2cn(C(C#N)(CF)CF)nc2C)ncc1C(F)(F)F. The highest BCUT2D eigenvalue weighted by Crippen LogP contribution is 2.34. The topological polar surface area (TPSA) is 91.5 Å². The van der Waals surface area contributed by atoms with Crippen molar-refractivity contribution in [3.63, 3.8) is 0 Å². The van der Waals surface area contributed by atoms with Crippen LogP contribution < -0.4 is 10.6 Å². The zero-order valence-corrected chi connectivity index (χ0v) is 14.4. The first-order valence-corrected chi connectivity index (χ1v) is 7.75. The van der Waals surface area contributed by atoms with Gasteiger partial charge in [0.2, 0.25) is 11.5 Å². The average molecular weight is 389 g/mol. The minimum Gasteiger partial charge on any atom is -0.370 e. The quantitative estimate of drug-likeness (QED) is 0.706. The Balaban J connectivity index is 2.38. The van der Waals surface area contributed by atoms with Gasteiger partial charge in [-0.1, -0.05) is 0 Å². The number of nitrogens with one attached hydrogen (secondary N) is 2. The van der Waals surface area contributed by atoms with Crippen LogP contribution in [0, 0.1) is 18.3 Å². The predicted molar refractivity (Wildman–Crippen MR) is 87.0 cm³/mol. The van der Waals surface area contributed by atoms with Gasteiger partial charge in [0.05, 0.1) is 23.6 Å². The lowest BCUT2D eigenvalue weighted by Gasteiger charge is -2.19. The third-order valence-electron chi connectivity index (χ3n) is 3.67. The summed E-state index contributed by atoms with van der Waals surface area (Å²) in [6.07, 6.45) is -2.84. The maximum atomic E-state index is 13.2. The van der Waals surface area contributed by atoms with Crippen LogP contribution >= 0.6 is 0 Å². The Hall–Kier alpha value is -2.97. The summed E-state index contributed by atoms with van der Waals surface area (Å²) in [5, 5.41) is 18.1. The standard InChI is InChI=1S/C15H16F5N7/c1-3-22-12-10(15(18,19)20)4-23-13(25-12)24-11-5-27(26-9(11)2)14(6-16,7-17)8-21/h4-5H,3,6-7H2,1-2H3,(H2,22,23,24,25). The fraction of sp³-hybridized carbons (Fsp3) is 0.467. The van der Waals surface area contributed by atoms with Crippen molar-refractivity contribution in [2.75, 3.05) is 30.5 Å². The molecule has 0 saturated carbocycles. The minimum absolute atomic E-state index is 0.176. The van der Waals surface area contributed by atoms with Gasteiger partial charge in [0.15, 0.2) is 0 Å². The Bertz CT molecular complexity index is 836. The number of rotatable bonds is 7. The molecule has 146 valence electrons. The Morgan fingerprint density at radius 2 is 1.93 bits per heavy atom. The lowest BCUT2D eigenvalue weighted by molar-refractivity contribution is -0.137. The normalized spacial score (nSPS) is 11.9. The Labute approximate surface area is 151 Å². The lowest BCUT2D eigenvalue weighted by atomic mass is 10.1. The molecule has 0 fully saturated rings. The van der Waals surface area contributed by atoms with Crippen molar-refractivity contribution >= 4 is 17.5 Å². The van der Waals surface area contributed by atoms with Crippen LogP contribution in [0.25, 0.3) is 0 Å². The summed E-state index contributed by atoms with van der Waals surface area (Å²) in [7, 11) is 0. The van der Waals surface area contributed by atoms with E-state index in [0.29, 0.717) is 6.20 Å². The Kier molecular flexibility index (Phi) is 5.82. The molecule has 0 aromatic carbocycles. The van der Waals surface area contributed by atoms with E-state index in [0.717, 1.165) is 4.68 Å². The van der Waals surface area contributed by atoms with Crippen LogP contribution in [0.5, 0.6) is 0 Å². The molecule has 7 nitrogen and oxygen atoms in total. The van der Waals surface area contributed by atoms with Gasteiger partial charge in [0.1, 0.15) is 24.7 Å². The zero-order chi connectivity index (χ0) is 20.2. The van der Waals surface area contributed by atoms with Crippen molar-refractivity contribution in [1.82, 2.24) is 19.7 Å². The van der Waals surface area contributed by atoms with E-state index in [4.69, 9.17) is 5.26 Å². The molecule has 0 saturated heterocycles. The van der Waals surface area contributed by atoms with Crippen molar-refractivity contribution in [2.45, 2.75) is 25.6 Å². The number of aryl methyl sites for hydroxylation is 1. The fourth-order valence-corrected chi connectivity index (χ4v) is 2.14. The van der Waals surface area contributed by atoms with Crippen molar-refractivity contribution in [2.24, 2.45) is 0 Å². The molecular weight excluding hydrogens is 373 g/mol. The maximum Gasteiger partial charge on any atom is 0.421 e. The maximum absolute atomic E-state index is 13.2. The van der Waals surface area contributed by atoms with Crippen LogP contribution in [0.15, 0.2) is 12.4 Å². The fourth-order valence-electron chi connectivity index (χ4n) is 2.14. The van der Waals surface area contributed by atoms with E-state index in [1.807, 2.05) is 0 Å². The first kappa shape index (κ1) is 20.3. The average Bonchev–Trinajstić information content (AvgIpc) is 2.97. The predicted octanol–water partition coefficient (Wildman–Crippen LogP) is 3.33. The molecule has 27 heavy (non-hydrogen) atoms. The van der Waals surface area contributed by atoms with E-state index in [-0.39, 0.29) is 23.9 Å². The molecule has 0 unspecified atom stereocenters. The number of hydrogen-bond acceptors (Lipinski definition) is 6. The van der Waals surface area contributed by atoms with Gasteiger partial charge in [0.25, 0.3) is 0 Å². The second kappa shape index (κ2) is 7.73. The molecule has 0 spiro atoms. The molecule has 2 heterocycles. The van der Waals surface area contributed by atoms with Crippen LogP contribution in [0.1, 0.15) is 18.2 Å². The summed E-state index contributed by atoms with van der Waals surface area (Å²) in [5.74, 6) is -0.587. The molecule has 0 atom stereocenters. The number of aromatic nitrogens is 4. The summed E-state index contributed by atoms with van der Waals surface area (Å²) in [6, 6.07) is 1.54. The van der Waals surface area contributed by atoms with E-state index in [1.165, 1.54) is 13.1 Å². The van der Waals surface area contributed by atoms with Crippen molar-refractivity contribution in [3.8, 4) is 6.07 Å². The van der Waals surface area contributed by atoms with Gasteiger partial charge in [-0.25, -0.2) is 18.4 Å². The van der Waals surface area contributed by atoms with Gasteiger partial charge < -0.3 is 10.6 Å². The Morgan fingerprint density at radius 3 is 2.44 bits per heavy atom. The number of nitrogens with zero attached hydrogens (tertiary/aromatic N) is 5. The van der Waals surface area contributed by atoms with E-state index >= 15 is 0 Å². The molecular formula is C15H16F5N7. The van der Waals surface area contributed by atoms with Crippen molar-refractivity contribution in [3.05, 3.63) is 23.7 Å². The second-order valence-electron chi connectivity index (χ2n) is 5.59. The van der Waals surface area contributed by atoms with Crippen LogP contribution in [-0.2, 0) is 11.7 Å². The molecule has 2 N–H and O–H groups in total. The Morgan fingerprint density at radius 1 is 1.26 bits per heavy atom. The van der Waals surface area contributed by atoms with Gasteiger partial charge in [-0.3, -0.25) is 0 Å². The van der Waals surface area contributed by atoms with Crippen molar-refractivity contribution in [1.29, 1.82) is 5.26 Å². The van der Waals surface area contributed by atoms with Crippen LogP contribution in [-0.4, -0.2) is 39.6 Å². The van der Waals surface area contributed by atoms with E-state index in [1.54, 1.807) is 13.0 Å². The van der Waals surface area contributed by atoms with Crippen LogP contribution in [0.4, 0.5) is 39.4 Å². The lowest BCUT2D eigenvalue weighted by Crippen LogP contribution is -2.37. The van der Waals surface area contributed by atoms with Gasteiger partial charge in [-0.2, -0.15) is 28.5 Å². The summed E-state index contributed by atoms with van der Waals surface area (Å²) in [4.78, 5) is 7.42. The number of halogens is 5. The molecule has 2 aromatic heterocycles. The molecule has 0 bridgehead atoms. The number of anilines is 3. The van der Waals surface area contributed by atoms with Gasteiger partial charge in [0, 0.05) is 12.7 Å². The van der Waals surface area contributed by atoms with Crippen molar-refractivity contribution < 1.29 is 22.0 Å². The summed E-state index contributed by atoms with van der Waals surface area (Å²) >= 11 is 0.